The van der Waals surface area contributed by atoms with Gasteiger partial charge in [-0.05, 0) is 0 Å². The normalized spacial score (nSPS) is 15.7. The van der Waals surface area contributed by atoms with Gasteiger partial charge in [0.25, 0.3) is 0 Å². The van der Waals surface area contributed by atoms with E-state index in [2.05, 4.69) is 0 Å². The molecular weight excluding hydrogens is 525 g/mol. The van der Waals surface area contributed by atoms with Crippen LogP contribution in [0.25, 0.3) is 0 Å². The molecular formula is C18H12BiClO2S. The molecule has 0 N–H and O–H groups in total. The molecule has 3 aromatic rings. The average molecular weight is 537 g/mol. The third-order valence-corrected chi connectivity index (χ3v) is 17.2. The van der Waals surface area contributed by atoms with E-state index in [0.717, 1.165) is 6.54 Å². The van der Waals surface area contributed by atoms with Crippen molar-refractivity contribution in [2.24, 2.45) is 0 Å². The van der Waals surface area contributed by atoms with Crippen LogP contribution in [0, 0.1) is 0 Å². The van der Waals surface area contributed by atoms with E-state index >= 15 is 0 Å². The van der Waals surface area contributed by atoms with Gasteiger partial charge < -0.3 is 0 Å². The first-order valence-corrected chi connectivity index (χ1v) is 14.2. The van der Waals surface area contributed by atoms with E-state index in [1.807, 2.05) is 48.5 Å². The molecule has 0 fully saturated rings. The Morgan fingerprint density at radius 1 is 0.696 bits per heavy atom. The van der Waals surface area contributed by atoms with Crippen molar-refractivity contribution in [1.82, 2.24) is 0 Å². The quantitative estimate of drug-likeness (QED) is 0.349. The zero-order chi connectivity index (χ0) is 16.0. The van der Waals surface area contributed by atoms with Crippen molar-refractivity contribution in [3.63, 3.8) is 0 Å². The third kappa shape index (κ3) is 2.44. The van der Waals surface area contributed by atoms with E-state index in [1.165, 1.54) is 3.27 Å². The Morgan fingerprint density at radius 3 is 1.70 bits per heavy atom. The van der Waals surface area contributed by atoms with Gasteiger partial charge in [0.05, 0.1) is 0 Å². The summed E-state index contributed by atoms with van der Waals surface area (Å²) in [5.74, 6) is 0. The summed E-state index contributed by atoms with van der Waals surface area (Å²) in [7, 11) is -3.43. The van der Waals surface area contributed by atoms with Gasteiger partial charge >= 0.3 is 149 Å². The van der Waals surface area contributed by atoms with Gasteiger partial charge in [0, 0.05) is 0 Å². The van der Waals surface area contributed by atoms with E-state index in [-0.39, 0.29) is 0 Å². The van der Waals surface area contributed by atoms with Crippen LogP contribution in [0.4, 0.5) is 0 Å². The number of benzene rings is 3. The van der Waals surface area contributed by atoms with E-state index in [9.17, 15) is 8.42 Å². The van der Waals surface area contributed by atoms with Crippen LogP contribution in [0.5, 0.6) is 0 Å². The first-order valence-electron chi connectivity index (χ1n) is 7.08. The van der Waals surface area contributed by atoms with Gasteiger partial charge in [-0.25, -0.2) is 0 Å². The molecule has 0 radical (unpaired) electrons. The predicted octanol–water partition coefficient (Wildman–Crippen LogP) is 2.00. The summed E-state index contributed by atoms with van der Waals surface area (Å²) < 4.78 is 29.1. The minimum atomic E-state index is -3.43. The van der Waals surface area contributed by atoms with Crippen molar-refractivity contribution >= 4 is 53.0 Å². The molecule has 0 unspecified atom stereocenters. The maximum atomic E-state index is 12.9. The fourth-order valence-corrected chi connectivity index (χ4v) is 17.9. The zero-order valence-corrected chi connectivity index (χ0v) is 17.0. The Balaban J connectivity index is 2.06. The monoisotopic (exact) mass is 536 g/mol. The number of hydrogen-bond acceptors (Lipinski definition) is 2. The molecule has 23 heavy (non-hydrogen) atoms. The van der Waals surface area contributed by atoms with Crippen LogP contribution >= 0.6 is 11.6 Å². The van der Waals surface area contributed by atoms with Crippen molar-refractivity contribution in [2.75, 3.05) is 0 Å². The molecule has 0 aliphatic carbocycles. The second-order valence-electron chi connectivity index (χ2n) is 5.25. The van der Waals surface area contributed by atoms with Crippen molar-refractivity contribution in [3.05, 3.63) is 77.8 Å². The number of hydrogen-bond donors (Lipinski definition) is 0. The summed E-state index contributed by atoms with van der Waals surface area (Å²) in [5.41, 5.74) is 0. The summed E-state index contributed by atoms with van der Waals surface area (Å²) in [5, 5.41) is 0.698. The fraction of sp³-hybridized carbons (Fsp3) is 0. The predicted molar refractivity (Wildman–Crippen MR) is 94.4 cm³/mol. The van der Waals surface area contributed by atoms with Crippen molar-refractivity contribution in [2.45, 2.75) is 9.79 Å². The van der Waals surface area contributed by atoms with E-state index in [0.29, 0.717) is 14.8 Å². The van der Waals surface area contributed by atoms with Crippen LogP contribution in [0.15, 0.2) is 82.6 Å². The molecule has 4 rings (SSSR count). The van der Waals surface area contributed by atoms with Crippen LogP contribution in [-0.4, -0.2) is 30.2 Å². The number of fused-ring (bicyclic) bond motifs is 2. The van der Waals surface area contributed by atoms with Crippen LogP contribution in [0.1, 0.15) is 0 Å². The van der Waals surface area contributed by atoms with Gasteiger partial charge in [0.1, 0.15) is 0 Å². The first-order chi connectivity index (χ1) is 11.1. The number of halogens is 1. The molecule has 5 heteroatoms. The van der Waals surface area contributed by atoms with Gasteiger partial charge in [-0.2, -0.15) is 0 Å². The molecule has 2 nitrogen and oxygen atoms in total. The molecule has 1 aliphatic rings. The molecule has 0 spiro atoms. The van der Waals surface area contributed by atoms with E-state index in [4.69, 9.17) is 11.6 Å². The Labute approximate surface area is 148 Å². The minimum absolute atomic E-state index is 0.478. The standard InChI is InChI=1S/C12H8O2S.C6H4Cl.Bi/c13-15(14,11-7-3-1-4-8-11)12-9-5-2-6-10-12;7-6-4-2-1-3-5-6;/h1-7,9H;2-5H;. The second kappa shape index (κ2) is 5.70. The van der Waals surface area contributed by atoms with Gasteiger partial charge in [-0.15, -0.1) is 0 Å². The molecule has 114 valence electrons. The zero-order valence-electron chi connectivity index (χ0n) is 12.0. The van der Waals surface area contributed by atoms with Gasteiger partial charge in [-0.3, -0.25) is 0 Å². The molecule has 0 amide bonds. The summed E-state index contributed by atoms with van der Waals surface area (Å²) in [6.07, 6.45) is 0. The van der Waals surface area contributed by atoms with Crippen LogP contribution in [0.3, 0.4) is 0 Å². The van der Waals surface area contributed by atoms with E-state index < -0.39 is 31.6 Å². The Kier molecular flexibility index (Phi) is 3.79. The molecule has 1 heterocycles. The fourth-order valence-electron chi connectivity index (χ4n) is 2.85. The Bertz CT molecular complexity index is 944. The summed E-state index contributed by atoms with van der Waals surface area (Å²) >= 11 is 3.40. The van der Waals surface area contributed by atoms with Crippen LogP contribution in [0.2, 0.25) is 5.02 Å². The number of sulfone groups is 1. The molecule has 0 atom stereocenters. The van der Waals surface area contributed by atoms with Gasteiger partial charge in [0.2, 0.25) is 0 Å². The molecule has 0 saturated carbocycles. The van der Waals surface area contributed by atoms with Crippen molar-refractivity contribution in [1.29, 1.82) is 0 Å². The van der Waals surface area contributed by atoms with Crippen LogP contribution in [-0.2, 0) is 9.84 Å². The Hall–Kier alpha value is -1.22. The first kappa shape index (κ1) is 15.3. The molecule has 3 aromatic carbocycles. The SMILES string of the molecule is O=S1(=O)c2cccc[c]2[Bi]([c]2ccc(Cl)cc2)[c]2ccccc21. The molecule has 0 aromatic heterocycles. The molecule has 0 saturated heterocycles. The second-order valence-corrected chi connectivity index (χ2v) is 15.9. The summed E-state index contributed by atoms with van der Waals surface area (Å²) in [6, 6.07) is 22.8. The van der Waals surface area contributed by atoms with Crippen molar-refractivity contribution < 1.29 is 8.42 Å². The summed E-state index contributed by atoms with van der Waals surface area (Å²) in [6.45, 7) is 0. The topological polar surface area (TPSA) is 34.1 Å². The Morgan fingerprint density at radius 2 is 1.17 bits per heavy atom. The maximum absolute atomic E-state index is 12.9. The van der Waals surface area contributed by atoms with Crippen LogP contribution < -0.4 is 9.81 Å². The number of rotatable bonds is 1. The summed E-state index contributed by atoms with van der Waals surface area (Å²) in [4.78, 5) is 0.956. The van der Waals surface area contributed by atoms with Gasteiger partial charge in [-0.1, -0.05) is 0 Å². The molecule has 0 bridgehead atoms. The third-order valence-electron chi connectivity index (χ3n) is 3.88. The van der Waals surface area contributed by atoms with E-state index in [1.54, 1.807) is 24.3 Å². The molecule has 1 aliphatic heterocycles. The average Bonchev–Trinajstić information content (AvgIpc) is 2.57. The van der Waals surface area contributed by atoms with Gasteiger partial charge in [0.15, 0.2) is 0 Å². The van der Waals surface area contributed by atoms with Crippen molar-refractivity contribution in [3.8, 4) is 0 Å².